The van der Waals surface area contributed by atoms with E-state index < -0.39 is 0 Å². The van der Waals surface area contributed by atoms with E-state index in [1.54, 1.807) is 0 Å². The van der Waals surface area contributed by atoms with Crippen LogP contribution in [0.4, 0.5) is 0 Å². The standard InChI is InChI=1S/C15H33N3/c1-6-10-18(12-11-17(4)5)13-14-15(2,3)8-7-9-16-14/h14,16H,6-13H2,1-5H3. The van der Waals surface area contributed by atoms with Gasteiger partial charge in [-0.15, -0.1) is 0 Å². The van der Waals surface area contributed by atoms with Crippen LogP contribution in [0, 0.1) is 5.41 Å². The van der Waals surface area contributed by atoms with Crippen molar-refractivity contribution in [3.63, 3.8) is 0 Å². The number of nitrogens with one attached hydrogen (secondary N) is 1. The Morgan fingerprint density at radius 2 is 1.89 bits per heavy atom. The predicted molar refractivity (Wildman–Crippen MR) is 80.1 cm³/mol. The van der Waals surface area contributed by atoms with Gasteiger partial charge in [-0.2, -0.15) is 0 Å². The topological polar surface area (TPSA) is 18.5 Å². The fourth-order valence-electron chi connectivity index (χ4n) is 2.79. The zero-order chi connectivity index (χ0) is 13.6. The first-order valence-electron chi connectivity index (χ1n) is 7.56. The van der Waals surface area contributed by atoms with Crippen LogP contribution in [-0.4, -0.2) is 62.7 Å². The molecule has 1 N–H and O–H groups in total. The molecule has 0 aromatic heterocycles. The monoisotopic (exact) mass is 255 g/mol. The van der Waals surface area contributed by atoms with Crippen LogP contribution in [0.1, 0.15) is 40.0 Å². The van der Waals surface area contributed by atoms with E-state index in [1.807, 2.05) is 0 Å². The van der Waals surface area contributed by atoms with E-state index in [0.717, 1.165) is 6.54 Å². The summed E-state index contributed by atoms with van der Waals surface area (Å²) in [7, 11) is 4.32. The molecular weight excluding hydrogens is 222 g/mol. The van der Waals surface area contributed by atoms with Crippen LogP contribution in [0.5, 0.6) is 0 Å². The van der Waals surface area contributed by atoms with Gasteiger partial charge in [0.25, 0.3) is 0 Å². The zero-order valence-corrected chi connectivity index (χ0v) is 13.1. The summed E-state index contributed by atoms with van der Waals surface area (Å²) in [6.45, 7) is 13.1. The van der Waals surface area contributed by atoms with Crippen LogP contribution in [0.3, 0.4) is 0 Å². The minimum atomic E-state index is 0.447. The molecule has 108 valence electrons. The second-order valence-electron chi connectivity index (χ2n) is 6.70. The molecule has 1 fully saturated rings. The molecule has 0 spiro atoms. The first-order chi connectivity index (χ1) is 8.45. The molecule has 1 saturated heterocycles. The number of likely N-dealkylation sites (N-methyl/N-ethyl adjacent to an activating group) is 1. The molecule has 1 aliphatic rings. The highest BCUT2D eigenvalue weighted by molar-refractivity contribution is 4.90. The summed E-state index contributed by atoms with van der Waals surface area (Å²) in [5.41, 5.74) is 0.447. The minimum absolute atomic E-state index is 0.447. The number of piperidine rings is 1. The predicted octanol–water partition coefficient (Wildman–Crippen LogP) is 2.04. The van der Waals surface area contributed by atoms with Crippen LogP contribution in [0.25, 0.3) is 0 Å². The largest absolute Gasteiger partial charge is 0.312 e. The Kier molecular flexibility index (Phi) is 6.61. The van der Waals surface area contributed by atoms with E-state index in [9.17, 15) is 0 Å². The second-order valence-corrected chi connectivity index (χ2v) is 6.70. The highest BCUT2D eigenvalue weighted by atomic mass is 15.2. The van der Waals surface area contributed by atoms with E-state index in [0.29, 0.717) is 11.5 Å². The van der Waals surface area contributed by atoms with Gasteiger partial charge in [0.1, 0.15) is 0 Å². The van der Waals surface area contributed by atoms with Crippen molar-refractivity contribution in [2.45, 2.75) is 46.1 Å². The van der Waals surface area contributed by atoms with E-state index in [2.05, 4.69) is 50.0 Å². The first-order valence-corrected chi connectivity index (χ1v) is 7.56. The number of rotatable bonds is 7. The Balaban J connectivity index is 2.47. The molecule has 3 heteroatoms. The first kappa shape index (κ1) is 15.9. The van der Waals surface area contributed by atoms with Gasteiger partial charge >= 0.3 is 0 Å². The van der Waals surface area contributed by atoms with Gasteiger partial charge in [0, 0.05) is 25.7 Å². The molecule has 0 amide bonds. The molecule has 0 saturated carbocycles. The van der Waals surface area contributed by atoms with Crippen molar-refractivity contribution >= 4 is 0 Å². The minimum Gasteiger partial charge on any atom is -0.312 e. The molecule has 1 unspecified atom stereocenters. The smallest absolute Gasteiger partial charge is 0.0246 e. The average molecular weight is 255 g/mol. The van der Waals surface area contributed by atoms with E-state index in [1.165, 1.54) is 45.4 Å². The van der Waals surface area contributed by atoms with Gasteiger partial charge in [-0.25, -0.2) is 0 Å². The highest BCUT2D eigenvalue weighted by Crippen LogP contribution is 2.30. The number of hydrogen-bond acceptors (Lipinski definition) is 3. The summed E-state index contributed by atoms with van der Waals surface area (Å²) < 4.78 is 0. The van der Waals surface area contributed by atoms with Gasteiger partial charge in [0.2, 0.25) is 0 Å². The lowest BCUT2D eigenvalue weighted by Crippen LogP contribution is -2.53. The summed E-state index contributed by atoms with van der Waals surface area (Å²) in [4.78, 5) is 4.91. The summed E-state index contributed by atoms with van der Waals surface area (Å²) in [6, 6.07) is 0.653. The average Bonchev–Trinajstić information content (AvgIpc) is 2.28. The SMILES string of the molecule is CCCN(CCN(C)C)CC1NCCCC1(C)C. The molecule has 1 heterocycles. The number of nitrogens with zero attached hydrogens (tertiary/aromatic N) is 2. The third kappa shape index (κ3) is 5.25. The van der Waals surface area contributed by atoms with E-state index in [-0.39, 0.29) is 0 Å². The lowest BCUT2D eigenvalue weighted by molar-refractivity contribution is 0.121. The Labute approximate surface area is 114 Å². The molecular formula is C15H33N3. The molecule has 1 rings (SSSR count). The molecule has 1 aliphatic heterocycles. The lowest BCUT2D eigenvalue weighted by atomic mass is 9.77. The summed E-state index contributed by atoms with van der Waals surface area (Å²) in [5, 5.41) is 3.73. The Hall–Kier alpha value is -0.120. The van der Waals surface area contributed by atoms with Gasteiger partial charge in [-0.1, -0.05) is 20.8 Å². The van der Waals surface area contributed by atoms with Crippen LogP contribution in [-0.2, 0) is 0 Å². The Morgan fingerprint density at radius 3 is 2.44 bits per heavy atom. The van der Waals surface area contributed by atoms with Crippen molar-refractivity contribution in [1.82, 2.24) is 15.1 Å². The highest BCUT2D eigenvalue weighted by Gasteiger charge is 2.32. The normalized spacial score (nSPS) is 23.8. The summed E-state index contributed by atoms with van der Waals surface area (Å²) in [6.07, 6.45) is 3.94. The molecule has 1 atom stereocenters. The molecule has 3 nitrogen and oxygen atoms in total. The zero-order valence-electron chi connectivity index (χ0n) is 13.1. The van der Waals surface area contributed by atoms with E-state index in [4.69, 9.17) is 0 Å². The maximum Gasteiger partial charge on any atom is 0.0246 e. The molecule has 0 aromatic rings. The van der Waals surface area contributed by atoms with Crippen molar-refractivity contribution < 1.29 is 0 Å². The fourth-order valence-corrected chi connectivity index (χ4v) is 2.79. The summed E-state index contributed by atoms with van der Waals surface area (Å²) in [5.74, 6) is 0. The quantitative estimate of drug-likeness (QED) is 0.751. The van der Waals surface area contributed by atoms with Gasteiger partial charge in [-0.05, 0) is 51.9 Å². The number of hydrogen-bond donors (Lipinski definition) is 1. The van der Waals surface area contributed by atoms with Crippen LogP contribution in [0.2, 0.25) is 0 Å². The Bertz CT molecular complexity index is 226. The Morgan fingerprint density at radius 1 is 1.17 bits per heavy atom. The van der Waals surface area contributed by atoms with Gasteiger partial charge in [0.15, 0.2) is 0 Å². The van der Waals surface area contributed by atoms with Gasteiger partial charge in [0.05, 0.1) is 0 Å². The van der Waals surface area contributed by atoms with Crippen molar-refractivity contribution in [1.29, 1.82) is 0 Å². The van der Waals surface area contributed by atoms with Crippen LogP contribution in [0.15, 0.2) is 0 Å². The maximum atomic E-state index is 3.73. The van der Waals surface area contributed by atoms with Crippen molar-refractivity contribution in [2.24, 2.45) is 5.41 Å². The van der Waals surface area contributed by atoms with Crippen LogP contribution < -0.4 is 5.32 Å². The van der Waals surface area contributed by atoms with Crippen molar-refractivity contribution in [3.8, 4) is 0 Å². The summed E-state index contributed by atoms with van der Waals surface area (Å²) >= 11 is 0. The third-order valence-corrected chi connectivity index (χ3v) is 4.18. The molecule has 0 bridgehead atoms. The van der Waals surface area contributed by atoms with Crippen molar-refractivity contribution in [2.75, 3.05) is 46.8 Å². The molecule has 0 aromatic carbocycles. The van der Waals surface area contributed by atoms with Crippen molar-refractivity contribution in [3.05, 3.63) is 0 Å². The molecule has 18 heavy (non-hydrogen) atoms. The van der Waals surface area contributed by atoms with Crippen LogP contribution >= 0.6 is 0 Å². The van der Waals surface area contributed by atoms with Gasteiger partial charge < -0.3 is 15.1 Å². The third-order valence-electron chi connectivity index (χ3n) is 4.18. The fraction of sp³-hybridized carbons (Fsp3) is 1.00. The molecule has 0 aliphatic carbocycles. The van der Waals surface area contributed by atoms with Gasteiger partial charge in [-0.3, -0.25) is 0 Å². The molecule has 0 radical (unpaired) electrons. The van der Waals surface area contributed by atoms with E-state index >= 15 is 0 Å². The second kappa shape index (κ2) is 7.46. The maximum absolute atomic E-state index is 3.73. The lowest BCUT2D eigenvalue weighted by Gasteiger charge is -2.42.